The molecule has 13 heteroatoms. The summed E-state index contributed by atoms with van der Waals surface area (Å²) in [7, 11) is 4.60. The molecule has 2 aliphatic rings. The van der Waals surface area contributed by atoms with E-state index in [1.54, 1.807) is 67.8 Å². The van der Waals surface area contributed by atoms with Crippen molar-refractivity contribution in [3.63, 3.8) is 0 Å². The number of nitrogens with zero attached hydrogens (tertiary/aromatic N) is 2. The van der Waals surface area contributed by atoms with Crippen molar-refractivity contribution < 1.29 is 28.6 Å². The summed E-state index contributed by atoms with van der Waals surface area (Å²) in [6.45, 7) is -0.266. The van der Waals surface area contributed by atoms with E-state index in [2.05, 4.69) is 21.2 Å². The predicted molar refractivity (Wildman–Crippen MR) is 171 cm³/mol. The average molecular weight is 697 g/mol. The molecule has 44 heavy (non-hydrogen) atoms. The zero-order valence-electron chi connectivity index (χ0n) is 23.7. The molecule has 6 rings (SSSR count). The molecule has 3 atom stereocenters. The lowest BCUT2D eigenvalue weighted by atomic mass is 9.83. The molecule has 226 valence electrons. The number of benzene rings is 3. The summed E-state index contributed by atoms with van der Waals surface area (Å²) in [5, 5.41) is 2.48. The maximum atomic E-state index is 14.1. The Morgan fingerprint density at radius 3 is 2.25 bits per heavy atom. The number of carbonyl (C=O) groups excluding carboxylic acids is 3. The highest BCUT2D eigenvalue weighted by atomic mass is 79.9. The number of thiazole rings is 1. The normalized spacial score (nSPS) is 18.9. The molecule has 1 fully saturated rings. The maximum Gasteiger partial charge on any atom is 0.308 e. The van der Waals surface area contributed by atoms with Gasteiger partial charge in [-0.1, -0.05) is 45.1 Å². The highest BCUT2D eigenvalue weighted by Gasteiger charge is 2.57. The molecule has 0 bridgehead atoms. The van der Waals surface area contributed by atoms with E-state index in [1.807, 2.05) is 6.07 Å². The molecular weight excluding hydrogens is 670 g/mol. The van der Waals surface area contributed by atoms with E-state index in [1.165, 1.54) is 23.7 Å². The van der Waals surface area contributed by atoms with E-state index in [4.69, 9.17) is 14.2 Å². The first-order valence-corrected chi connectivity index (χ1v) is 15.9. The van der Waals surface area contributed by atoms with E-state index < -0.39 is 23.0 Å². The van der Waals surface area contributed by atoms with Crippen molar-refractivity contribution in [1.29, 1.82) is 0 Å². The minimum atomic E-state index is -0.818. The van der Waals surface area contributed by atoms with Crippen LogP contribution in [0.25, 0.3) is 0 Å². The lowest BCUT2D eigenvalue weighted by Gasteiger charge is -2.31. The van der Waals surface area contributed by atoms with Crippen LogP contribution in [0.2, 0.25) is 0 Å². The fourth-order valence-electron chi connectivity index (χ4n) is 5.52. The van der Waals surface area contributed by atoms with Crippen LogP contribution >= 0.6 is 39.0 Å². The van der Waals surface area contributed by atoms with Crippen LogP contribution in [0.5, 0.6) is 17.2 Å². The summed E-state index contributed by atoms with van der Waals surface area (Å²) in [6, 6.07) is 19.1. The number of carbonyl (C=O) groups is 3. The summed E-state index contributed by atoms with van der Waals surface area (Å²) in [6.07, 6.45) is 0. The van der Waals surface area contributed by atoms with Crippen LogP contribution in [0.1, 0.15) is 16.4 Å². The Kier molecular flexibility index (Phi) is 8.27. The summed E-state index contributed by atoms with van der Waals surface area (Å²) in [4.78, 5) is 56.0. The first-order valence-electron chi connectivity index (χ1n) is 13.4. The van der Waals surface area contributed by atoms with Gasteiger partial charge in [-0.15, -0.1) is 0 Å². The van der Waals surface area contributed by atoms with Gasteiger partial charge < -0.3 is 19.5 Å². The van der Waals surface area contributed by atoms with Crippen molar-refractivity contribution in [1.82, 2.24) is 4.57 Å². The van der Waals surface area contributed by atoms with Crippen molar-refractivity contribution in [2.45, 2.75) is 22.7 Å². The summed E-state index contributed by atoms with van der Waals surface area (Å²) < 4.78 is 18.3. The third-order valence-corrected chi connectivity index (χ3v) is 10.7. The number of imide groups is 1. The Morgan fingerprint density at radius 2 is 1.59 bits per heavy atom. The van der Waals surface area contributed by atoms with Gasteiger partial charge in [0.1, 0.15) is 17.5 Å². The predicted octanol–water partition coefficient (Wildman–Crippen LogP) is 5.13. The van der Waals surface area contributed by atoms with Gasteiger partial charge in [-0.3, -0.25) is 23.7 Å². The molecule has 1 N–H and O–H groups in total. The Labute approximate surface area is 269 Å². The molecule has 10 nitrogen and oxygen atoms in total. The minimum absolute atomic E-state index is 0.266. The van der Waals surface area contributed by atoms with Crippen LogP contribution in [0.4, 0.5) is 11.4 Å². The summed E-state index contributed by atoms with van der Waals surface area (Å²) >= 11 is 5.54. The third-order valence-electron chi connectivity index (χ3n) is 7.58. The van der Waals surface area contributed by atoms with Crippen LogP contribution in [0.3, 0.4) is 0 Å². The van der Waals surface area contributed by atoms with Crippen LogP contribution in [0.15, 0.2) is 81.0 Å². The molecule has 0 spiro atoms. The van der Waals surface area contributed by atoms with Crippen molar-refractivity contribution in [3.05, 3.63) is 91.3 Å². The number of halogens is 1. The van der Waals surface area contributed by atoms with Gasteiger partial charge >= 0.3 is 4.87 Å². The number of ether oxygens (including phenoxy) is 3. The molecule has 3 aromatic carbocycles. The number of fused-ring (bicyclic) bond motifs is 2. The van der Waals surface area contributed by atoms with Gasteiger partial charge in [-0.25, -0.2) is 4.90 Å². The smallest absolute Gasteiger partial charge is 0.308 e. The molecule has 0 radical (unpaired) electrons. The Hall–Kier alpha value is -4.07. The second-order valence-corrected chi connectivity index (χ2v) is 13.1. The Morgan fingerprint density at radius 1 is 0.886 bits per heavy atom. The number of amides is 3. The standard InChI is InChI=1S/C31H26BrN3O7S2/c1-40-20-11-7-18(8-12-20)33-23(36)15-34-30-27(44-31(34)39)24(16-4-13-21(41-2)22(14-16)42-3)25-26(43-30)29(38)35(28(25)37)19-9-5-17(32)6-10-19/h4-14,24-26H,15H2,1-3H3,(H,33,36)/t24-,25+,26-/m0/s1. The Balaban J connectivity index is 1.41. The zero-order chi connectivity index (χ0) is 31.1. The number of hydrogen-bond donors (Lipinski definition) is 1. The van der Waals surface area contributed by atoms with Crippen LogP contribution in [-0.4, -0.2) is 48.9 Å². The first kappa shape index (κ1) is 30.0. The van der Waals surface area contributed by atoms with E-state index in [-0.39, 0.29) is 23.2 Å². The van der Waals surface area contributed by atoms with Crippen molar-refractivity contribution in [2.24, 2.45) is 5.92 Å². The van der Waals surface area contributed by atoms with Gasteiger partial charge in [0, 0.05) is 21.0 Å². The van der Waals surface area contributed by atoms with Crippen molar-refractivity contribution in [2.75, 3.05) is 31.5 Å². The van der Waals surface area contributed by atoms with Crippen molar-refractivity contribution >= 4 is 68.1 Å². The number of nitrogens with one attached hydrogen (secondary N) is 1. The van der Waals surface area contributed by atoms with Gasteiger partial charge in [0.05, 0.1) is 38.0 Å². The second kappa shape index (κ2) is 12.1. The van der Waals surface area contributed by atoms with Gasteiger partial charge in [0.2, 0.25) is 17.7 Å². The first-order chi connectivity index (χ1) is 21.2. The number of methoxy groups -OCH3 is 3. The molecule has 3 amide bonds. The molecule has 2 aliphatic heterocycles. The van der Waals surface area contributed by atoms with Gasteiger partial charge in [-0.2, -0.15) is 0 Å². The highest BCUT2D eigenvalue weighted by molar-refractivity contribution is 9.10. The number of hydrogen-bond acceptors (Lipinski definition) is 9. The second-order valence-electron chi connectivity index (χ2n) is 10.0. The third kappa shape index (κ3) is 5.29. The lowest BCUT2D eigenvalue weighted by molar-refractivity contribution is -0.122. The van der Waals surface area contributed by atoms with Crippen LogP contribution in [-0.2, 0) is 20.9 Å². The molecule has 1 saturated heterocycles. The largest absolute Gasteiger partial charge is 0.497 e. The van der Waals surface area contributed by atoms with Crippen LogP contribution in [0, 0.1) is 5.92 Å². The number of aromatic nitrogens is 1. The molecule has 1 aromatic heterocycles. The van der Waals surface area contributed by atoms with E-state index >= 15 is 0 Å². The summed E-state index contributed by atoms with van der Waals surface area (Å²) in [5.74, 6) is -0.975. The van der Waals surface area contributed by atoms with E-state index in [9.17, 15) is 19.2 Å². The molecule has 0 aliphatic carbocycles. The molecule has 0 saturated carbocycles. The van der Waals surface area contributed by atoms with Gasteiger partial charge in [0.25, 0.3) is 0 Å². The average Bonchev–Trinajstić information content (AvgIpc) is 3.47. The van der Waals surface area contributed by atoms with E-state index in [0.717, 1.165) is 27.6 Å². The monoisotopic (exact) mass is 695 g/mol. The zero-order valence-corrected chi connectivity index (χ0v) is 27.0. The minimum Gasteiger partial charge on any atom is -0.497 e. The van der Waals surface area contributed by atoms with Gasteiger partial charge in [0.15, 0.2) is 11.5 Å². The lowest BCUT2D eigenvalue weighted by Crippen LogP contribution is -2.33. The maximum absolute atomic E-state index is 14.1. The van der Waals surface area contributed by atoms with Gasteiger partial charge in [-0.05, 0) is 66.2 Å². The molecule has 3 heterocycles. The Bertz CT molecular complexity index is 1820. The van der Waals surface area contributed by atoms with Crippen LogP contribution < -0.4 is 29.3 Å². The highest BCUT2D eigenvalue weighted by Crippen LogP contribution is 2.54. The summed E-state index contributed by atoms with van der Waals surface area (Å²) in [5.41, 5.74) is 1.70. The molecule has 0 unspecified atom stereocenters. The fraction of sp³-hybridized carbons (Fsp3) is 0.226. The number of thioether (sulfide) groups is 1. The quantitative estimate of drug-likeness (QED) is 0.252. The van der Waals surface area contributed by atoms with E-state index in [0.29, 0.717) is 44.1 Å². The SMILES string of the molecule is COc1ccc(NC(=O)Cn2c3c(sc2=O)[C@@H](c2ccc(OC)c(OC)c2)[C@H]2C(=O)N(c4ccc(Br)cc4)C(=O)[C@H]2S3)cc1. The topological polar surface area (TPSA) is 116 Å². The number of rotatable bonds is 8. The fourth-order valence-corrected chi connectivity index (χ4v) is 8.56. The number of anilines is 2. The molecule has 4 aromatic rings. The molecular formula is C31H26BrN3O7S2. The van der Waals surface area contributed by atoms with Crippen molar-refractivity contribution in [3.8, 4) is 17.2 Å².